The lowest BCUT2D eigenvalue weighted by atomic mass is 9.99. The molecule has 1 aromatic heterocycles. The molecule has 1 saturated heterocycles. The average molecular weight is 225 g/mol. The van der Waals surface area contributed by atoms with Crippen LogP contribution in [0.2, 0.25) is 0 Å². The molecule has 1 N–H and O–H groups in total. The molecule has 0 bridgehead atoms. The first-order chi connectivity index (χ1) is 7.66. The second-order valence-electron chi connectivity index (χ2n) is 3.82. The zero-order chi connectivity index (χ0) is 11.5. The van der Waals surface area contributed by atoms with E-state index in [9.17, 15) is 9.18 Å². The molecule has 16 heavy (non-hydrogen) atoms. The van der Waals surface area contributed by atoms with E-state index in [0.29, 0.717) is 18.9 Å². The van der Waals surface area contributed by atoms with Gasteiger partial charge in [-0.05, 0) is 12.8 Å². The summed E-state index contributed by atoms with van der Waals surface area (Å²) in [5.74, 6) is -1.28. The van der Waals surface area contributed by atoms with E-state index >= 15 is 0 Å². The van der Waals surface area contributed by atoms with Crippen molar-refractivity contribution in [1.29, 1.82) is 0 Å². The molecule has 1 unspecified atom stereocenters. The van der Waals surface area contributed by atoms with Gasteiger partial charge in [0, 0.05) is 13.1 Å². The van der Waals surface area contributed by atoms with Gasteiger partial charge in [-0.3, -0.25) is 4.79 Å². The first-order valence-electron chi connectivity index (χ1n) is 5.12. The predicted octanol–water partition coefficient (Wildman–Crippen LogP) is 0.917. The van der Waals surface area contributed by atoms with Crippen LogP contribution in [0.15, 0.2) is 12.4 Å². The average Bonchev–Trinajstić information content (AvgIpc) is 2.30. The third-order valence-corrected chi connectivity index (χ3v) is 2.66. The number of piperidine rings is 1. The van der Waals surface area contributed by atoms with Crippen LogP contribution in [0.25, 0.3) is 0 Å². The second-order valence-corrected chi connectivity index (χ2v) is 3.82. The van der Waals surface area contributed by atoms with Gasteiger partial charge in [-0.1, -0.05) is 0 Å². The highest BCUT2D eigenvalue weighted by atomic mass is 19.1. The molecule has 0 amide bonds. The smallest absolute Gasteiger partial charge is 0.308 e. The number of anilines is 1. The van der Waals surface area contributed by atoms with Crippen molar-refractivity contribution >= 4 is 11.9 Å². The topological polar surface area (TPSA) is 66.3 Å². The number of carboxylic acid groups (broad SMARTS) is 1. The summed E-state index contributed by atoms with van der Waals surface area (Å²) >= 11 is 0. The Morgan fingerprint density at radius 2 is 2.19 bits per heavy atom. The minimum Gasteiger partial charge on any atom is -0.481 e. The molecule has 1 atom stereocenters. The Balaban J connectivity index is 2.09. The van der Waals surface area contributed by atoms with Crippen molar-refractivity contribution in [1.82, 2.24) is 9.97 Å². The molecular formula is C10H12FN3O2. The molecule has 1 aromatic rings. The highest BCUT2D eigenvalue weighted by Gasteiger charge is 2.26. The summed E-state index contributed by atoms with van der Waals surface area (Å²) in [5.41, 5.74) is 0. The summed E-state index contributed by atoms with van der Waals surface area (Å²) in [6.45, 7) is 1.11. The van der Waals surface area contributed by atoms with Crippen LogP contribution < -0.4 is 4.90 Å². The minimum atomic E-state index is -0.799. The van der Waals surface area contributed by atoms with Gasteiger partial charge in [0.05, 0.1) is 18.3 Å². The van der Waals surface area contributed by atoms with E-state index in [-0.39, 0.29) is 5.92 Å². The zero-order valence-electron chi connectivity index (χ0n) is 8.64. The van der Waals surface area contributed by atoms with Crippen LogP contribution in [0.3, 0.4) is 0 Å². The number of rotatable bonds is 2. The molecule has 0 saturated carbocycles. The molecule has 1 fully saturated rings. The summed E-state index contributed by atoms with van der Waals surface area (Å²) in [6.07, 6.45) is 3.64. The minimum absolute atomic E-state index is 0.387. The lowest BCUT2D eigenvalue weighted by Gasteiger charge is -2.30. The maximum absolute atomic E-state index is 12.6. The van der Waals surface area contributed by atoms with Crippen molar-refractivity contribution in [3.8, 4) is 0 Å². The third kappa shape index (κ3) is 2.26. The summed E-state index contributed by atoms with van der Waals surface area (Å²) in [7, 11) is 0. The standard InChI is InChI=1S/C10H12FN3O2/c11-8-4-12-10(13-5-8)14-3-1-2-7(6-14)9(15)16/h4-5,7H,1-3,6H2,(H,15,16). The molecule has 1 aliphatic rings. The van der Waals surface area contributed by atoms with Crippen LogP contribution in [-0.4, -0.2) is 34.1 Å². The maximum Gasteiger partial charge on any atom is 0.308 e. The number of carboxylic acids is 1. The van der Waals surface area contributed by atoms with Crippen LogP contribution in [0.1, 0.15) is 12.8 Å². The van der Waals surface area contributed by atoms with E-state index in [0.717, 1.165) is 25.4 Å². The first-order valence-corrected chi connectivity index (χ1v) is 5.12. The van der Waals surface area contributed by atoms with Gasteiger partial charge in [0.2, 0.25) is 5.95 Å². The highest BCUT2D eigenvalue weighted by molar-refractivity contribution is 5.71. The Kier molecular flexibility index (Phi) is 2.98. The summed E-state index contributed by atoms with van der Waals surface area (Å²) in [4.78, 5) is 20.3. The van der Waals surface area contributed by atoms with Crippen LogP contribution in [0.5, 0.6) is 0 Å². The molecule has 0 aromatic carbocycles. The number of aromatic nitrogens is 2. The molecular weight excluding hydrogens is 213 g/mol. The largest absolute Gasteiger partial charge is 0.481 e. The van der Waals surface area contributed by atoms with E-state index in [1.807, 2.05) is 0 Å². The Bertz CT molecular complexity index is 382. The molecule has 6 heteroatoms. The molecule has 0 aliphatic carbocycles. The molecule has 5 nitrogen and oxygen atoms in total. The van der Waals surface area contributed by atoms with Crippen molar-refractivity contribution in [2.45, 2.75) is 12.8 Å². The maximum atomic E-state index is 12.6. The summed E-state index contributed by atoms with van der Waals surface area (Å²) in [6, 6.07) is 0. The van der Waals surface area contributed by atoms with Crippen molar-refractivity contribution in [3.05, 3.63) is 18.2 Å². The number of aliphatic carboxylic acids is 1. The molecule has 2 rings (SSSR count). The Hall–Kier alpha value is -1.72. The lowest BCUT2D eigenvalue weighted by molar-refractivity contribution is -0.141. The van der Waals surface area contributed by atoms with E-state index < -0.39 is 11.8 Å². The summed E-state index contributed by atoms with van der Waals surface area (Å²) in [5, 5.41) is 8.92. The number of carbonyl (C=O) groups is 1. The van der Waals surface area contributed by atoms with Crippen LogP contribution >= 0.6 is 0 Å². The molecule has 1 aliphatic heterocycles. The van der Waals surface area contributed by atoms with E-state index in [4.69, 9.17) is 5.11 Å². The van der Waals surface area contributed by atoms with Crippen LogP contribution in [0, 0.1) is 11.7 Å². The summed E-state index contributed by atoms with van der Waals surface area (Å²) < 4.78 is 12.6. The van der Waals surface area contributed by atoms with Crippen molar-refractivity contribution in [3.63, 3.8) is 0 Å². The number of hydrogen-bond acceptors (Lipinski definition) is 4. The van der Waals surface area contributed by atoms with E-state index in [2.05, 4.69) is 9.97 Å². The zero-order valence-corrected chi connectivity index (χ0v) is 8.64. The van der Waals surface area contributed by atoms with Gasteiger partial charge in [0.25, 0.3) is 0 Å². The second kappa shape index (κ2) is 4.42. The Morgan fingerprint density at radius 1 is 1.50 bits per heavy atom. The first kappa shape index (κ1) is 10.8. The van der Waals surface area contributed by atoms with Gasteiger partial charge in [0.15, 0.2) is 5.82 Å². The normalized spacial score (nSPS) is 20.8. The molecule has 86 valence electrons. The quantitative estimate of drug-likeness (QED) is 0.810. The Labute approximate surface area is 91.9 Å². The van der Waals surface area contributed by atoms with E-state index in [1.165, 1.54) is 0 Å². The van der Waals surface area contributed by atoms with Crippen molar-refractivity contribution in [2.24, 2.45) is 5.92 Å². The third-order valence-electron chi connectivity index (χ3n) is 2.66. The van der Waals surface area contributed by atoms with Gasteiger partial charge in [-0.2, -0.15) is 0 Å². The number of nitrogens with zero attached hydrogens (tertiary/aromatic N) is 3. The van der Waals surface area contributed by atoms with Gasteiger partial charge >= 0.3 is 5.97 Å². The fourth-order valence-electron chi connectivity index (χ4n) is 1.83. The number of hydrogen-bond donors (Lipinski definition) is 1. The van der Waals surface area contributed by atoms with Crippen LogP contribution in [-0.2, 0) is 4.79 Å². The van der Waals surface area contributed by atoms with Gasteiger partial charge in [-0.15, -0.1) is 0 Å². The van der Waals surface area contributed by atoms with Crippen LogP contribution in [0.4, 0.5) is 10.3 Å². The van der Waals surface area contributed by atoms with Gasteiger partial charge < -0.3 is 10.0 Å². The Morgan fingerprint density at radius 3 is 2.81 bits per heavy atom. The lowest BCUT2D eigenvalue weighted by Crippen LogP contribution is -2.39. The van der Waals surface area contributed by atoms with E-state index in [1.54, 1.807) is 4.90 Å². The predicted molar refractivity (Wildman–Crippen MR) is 54.6 cm³/mol. The van der Waals surface area contributed by atoms with Crippen molar-refractivity contribution in [2.75, 3.05) is 18.0 Å². The number of halogens is 1. The monoisotopic (exact) mass is 225 g/mol. The molecule has 0 radical (unpaired) electrons. The highest BCUT2D eigenvalue weighted by Crippen LogP contribution is 2.20. The molecule has 0 spiro atoms. The fraction of sp³-hybridized carbons (Fsp3) is 0.500. The fourth-order valence-corrected chi connectivity index (χ4v) is 1.83. The van der Waals surface area contributed by atoms with Gasteiger partial charge in [-0.25, -0.2) is 14.4 Å². The van der Waals surface area contributed by atoms with Crippen molar-refractivity contribution < 1.29 is 14.3 Å². The van der Waals surface area contributed by atoms with Gasteiger partial charge in [0.1, 0.15) is 0 Å². The molecule has 2 heterocycles. The SMILES string of the molecule is O=C(O)C1CCCN(c2ncc(F)cn2)C1.